The van der Waals surface area contributed by atoms with Gasteiger partial charge in [-0.3, -0.25) is 14.9 Å². The second-order valence-electron chi connectivity index (χ2n) is 9.66. The van der Waals surface area contributed by atoms with E-state index in [0.717, 1.165) is 12.5 Å². The quantitative estimate of drug-likeness (QED) is 0.511. The van der Waals surface area contributed by atoms with Gasteiger partial charge in [-0.05, 0) is 50.7 Å². The highest BCUT2D eigenvalue weighted by atomic mass is 35.5. The molecule has 10 heteroatoms. The van der Waals surface area contributed by atoms with Crippen LogP contribution in [0.1, 0.15) is 53.9 Å². The number of rotatable bonds is 6. The monoisotopic (exact) mass is 459 g/mol. The van der Waals surface area contributed by atoms with Gasteiger partial charge in [-0.25, -0.2) is 8.42 Å². The minimum absolute atomic E-state index is 0.0649. The van der Waals surface area contributed by atoms with Crippen molar-refractivity contribution in [3.63, 3.8) is 0 Å². The van der Waals surface area contributed by atoms with Crippen molar-refractivity contribution in [1.29, 1.82) is 0 Å². The minimum atomic E-state index is -3.90. The van der Waals surface area contributed by atoms with Crippen LogP contribution in [0.4, 0.5) is 5.69 Å². The highest BCUT2D eigenvalue weighted by Crippen LogP contribution is 2.31. The summed E-state index contributed by atoms with van der Waals surface area (Å²) in [6, 6.07) is 3.45. The number of hydrogen-bond donors (Lipinski definition) is 1. The molecule has 0 spiro atoms. The topological polar surface area (TPSA) is 110 Å². The first kappa shape index (κ1) is 24.6. The van der Waals surface area contributed by atoms with Crippen molar-refractivity contribution in [1.82, 2.24) is 9.62 Å². The van der Waals surface area contributed by atoms with E-state index in [2.05, 4.69) is 26.1 Å². The zero-order chi connectivity index (χ0) is 22.9. The molecule has 1 saturated heterocycles. The molecule has 0 atom stereocenters. The van der Waals surface area contributed by atoms with Gasteiger partial charge in [-0.1, -0.05) is 32.4 Å². The molecular weight excluding hydrogens is 430 g/mol. The van der Waals surface area contributed by atoms with Gasteiger partial charge in [-0.15, -0.1) is 0 Å². The Balaban J connectivity index is 2.05. The third kappa shape index (κ3) is 6.15. The number of amides is 1. The number of sulfonamides is 1. The van der Waals surface area contributed by atoms with Gasteiger partial charge in [-0.2, -0.15) is 4.31 Å². The zero-order valence-electron chi connectivity index (χ0n) is 18.1. The van der Waals surface area contributed by atoms with E-state index in [-0.39, 0.29) is 45.8 Å². The van der Waals surface area contributed by atoms with Crippen molar-refractivity contribution in [2.24, 2.45) is 11.3 Å². The van der Waals surface area contributed by atoms with Gasteiger partial charge < -0.3 is 5.32 Å². The Morgan fingerprint density at radius 1 is 1.23 bits per heavy atom. The van der Waals surface area contributed by atoms with Crippen LogP contribution in [0.3, 0.4) is 0 Å². The maximum absolute atomic E-state index is 12.9. The van der Waals surface area contributed by atoms with E-state index in [0.29, 0.717) is 12.8 Å². The van der Waals surface area contributed by atoms with Crippen LogP contribution in [0.5, 0.6) is 0 Å². The van der Waals surface area contributed by atoms with Crippen molar-refractivity contribution in [2.75, 3.05) is 13.1 Å². The molecule has 1 aromatic carbocycles. The van der Waals surface area contributed by atoms with Crippen molar-refractivity contribution < 1.29 is 18.1 Å². The Morgan fingerprint density at radius 2 is 1.80 bits per heavy atom. The van der Waals surface area contributed by atoms with Crippen molar-refractivity contribution in [3.05, 3.63) is 33.3 Å². The molecule has 0 saturated carbocycles. The van der Waals surface area contributed by atoms with Gasteiger partial charge >= 0.3 is 0 Å². The number of halogens is 1. The van der Waals surface area contributed by atoms with Crippen molar-refractivity contribution >= 4 is 33.2 Å². The Bertz CT molecular complexity index is 917. The fraction of sp³-hybridized carbons (Fsp3) is 0.650. The maximum atomic E-state index is 12.9. The molecule has 1 N–H and O–H groups in total. The number of hydrogen-bond acceptors (Lipinski definition) is 5. The van der Waals surface area contributed by atoms with E-state index in [9.17, 15) is 23.3 Å². The zero-order valence-corrected chi connectivity index (χ0v) is 19.6. The first-order valence-electron chi connectivity index (χ1n) is 9.88. The van der Waals surface area contributed by atoms with Gasteiger partial charge in [0, 0.05) is 30.6 Å². The number of piperidine rings is 1. The molecule has 30 heavy (non-hydrogen) atoms. The maximum Gasteiger partial charge on any atom is 0.289 e. The lowest BCUT2D eigenvalue weighted by Crippen LogP contribution is -2.50. The highest BCUT2D eigenvalue weighted by molar-refractivity contribution is 7.89. The molecule has 168 valence electrons. The summed E-state index contributed by atoms with van der Waals surface area (Å²) in [4.78, 5) is 22.9. The summed E-state index contributed by atoms with van der Waals surface area (Å²) in [6.45, 7) is 10.7. The molecule has 0 unspecified atom stereocenters. The first-order valence-corrected chi connectivity index (χ1v) is 11.7. The molecule has 2 rings (SSSR count). The van der Waals surface area contributed by atoms with Crippen LogP contribution < -0.4 is 5.32 Å². The van der Waals surface area contributed by atoms with Gasteiger partial charge in [0.25, 0.3) is 5.69 Å². The van der Waals surface area contributed by atoms with Crippen LogP contribution in [0, 0.1) is 21.4 Å². The summed E-state index contributed by atoms with van der Waals surface area (Å²) in [5, 5.41) is 14.0. The Morgan fingerprint density at radius 3 is 2.30 bits per heavy atom. The van der Waals surface area contributed by atoms with E-state index < -0.39 is 20.6 Å². The summed E-state index contributed by atoms with van der Waals surface area (Å²) >= 11 is 5.78. The first-order chi connectivity index (χ1) is 13.6. The molecule has 1 heterocycles. The molecule has 0 bridgehead atoms. The van der Waals surface area contributed by atoms with Gasteiger partial charge in [0.1, 0.15) is 5.02 Å². The Hall–Kier alpha value is -1.71. The standard InChI is InChI=1S/C20H30ClN3O5S/c1-19(2,3)13-20(4,5)22-18(25)14-8-10-23(11-9-14)30(28,29)15-6-7-16(21)17(12-15)24(26)27/h6-7,12,14H,8-11,13H2,1-5H3,(H,22,25). The lowest BCUT2D eigenvalue weighted by Gasteiger charge is -2.36. The number of carbonyl (C=O) groups excluding carboxylic acids is 1. The van der Waals surface area contributed by atoms with Crippen LogP contribution in [0.25, 0.3) is 0 Å². The van der Waals surface area contributed by atoms with Crippen LogP contribution in [-0.2, 0) is 14.8 Å². The van der Waals surface area contributed by atoms with E-state index in [1.807, 2.05) is 13.8 Å². The summed E-state index contributed by atoms with van der Waals surface area (Å²) in [7, 11) is -3.90. The Labute approximate surface area is 183 Å². The highest BCUT2D eigenvalue weighted by Gasteiger charge is 2.35. The summed E-state index contributed by atoms with van der Waals surface area (Å²) in [5.74, 6) is -0.335. The van der Waals surface area contributed by atoms with Crippen molar-refractivity contribution in [2.45, 2.75) is 64.3 Å². The molecule has 0 aromatic heterocycles. The van der Waals surface area contributed by atoms with Crippen LogP contribution >= 0.6 is 11.6 Å². The molecule has 1 fully saturated rings. The van der Waals surface area contributed by atoms with E-state index in [1.54, 1.807) is 0 Å². The molecule has 1 aliphatic heterocycles. The number of nitrogens with one attached hydrogen (secondary N) is 1. The number of nitrogens with zero attached hydrogens (tertiary/aromatic N) is 2. The fourth-order valence-electron chi connectivity index (χ4n) is 4.11. The molecule has 0 aliphatic carbocycles. The Kier molecular flexibility index (Phi) is 7.21. The number of nitro groups is 1. The lowest BCUT2D eigenvalue weighted by atomic mass is 9.81. The average molecular weight is 460 g/mol. The average Bonchev–Trinajstić information content (AvgIpc) is 2.59. The predicted molar refractivity (Wildman–Crippen MR) is 116 cm³/mol. The van der Waals surface area contributed by atoms with Gasteiger partial charge in [0.05, 0.1) is 9.82 Å². The molecule has 1 aliphatic rings. The smallest absolute Gasteiger partial charge is 0.289 e. The summed E-state index contributed by atoms with van der Waals surface area (Å²) < 4.78 is 27.1. The predicted octanol–water partition coefficient (Wildman–Crippen LogP) is 3.98. The lowest BCUT2D eigenvalue weighted by molar-refractivity contribution is -0.384. The number of carbonyl (C=O) groups is 1. The third-order valence-electron chi connectivity index (χ3n) is 5.01. The number of benzene rings is 1. The van der Waals surface area contributed by atoms with Crippen molar-refractivity contribution in [3.8, 4) is 0 Å². The van der Waals surface area contributed by atoms with Gasteiger partial charge in [0.2, 0.25) is 15.9 Å². The van der Waals surface area contributed by atoms with Crippen LogP contribution in [-0.4, -0.2) is 42.2 Å². The molecule has 1 amide bonds. The van der Waals surface area contributed by atoms with Gasteiger partial charge in [0.15, 0.2) is 0 Å². The minimum Gasteiger partial charge on any atom is -0.351 e. The normalized spacial score (nSPS) is 17.0. The second kappa shape index (κ2) is 8.80. The second-order valence-corrected chi connectivity index (χ2v) is 12.0. The number of nitro benzene ring substituents is 1. The summed E-state index contributed by atoms with van der Waals surface area (Å²) in [6.07, 6.45) is 1.60. The molecule has 0 radical (unpaired) electrons. The SMILES string of the molecule is CC(C)(C)CC(C)(C)NC(=O)C1CCN(S(=O)(=O)c2ccc(Cl)c([N+](=O)[O-])c2)CC1. The third-order valence-corrected chi connectivity index (χ3v) is 7.22. The van der Waals surface area contributed by atoms with E-state index in [1.165, 1.54) is 16.4 Å². The molecular formula is C20H30ClN3O5S. The van der Waals surface area contributed by atoms with E-state index >= 15 is 0 Å². The van der Waals surface area contributed by atoms with Crippen LogP contribution in [0.15, 0.2) is 23.1 Å². The largest absolute Gasteiger partial charge is 0.351 e. The van der Waals surface area contributed by atoms with Crippen LogP contribution in [0.2, 0.25) is 5.02 Å². The summed E-state index contributed by atoms with van der Waals surface area (Å²) in [5.41, 5.74) is -0.746. The molecule has 8 nitrogen and oxygen atoms in total. The van der Waals surface area contributed by atoms with E-state index in [4.69, 9.17) is 11.6 Å². The fourth-order valence-corrected chi connectivity index (χ4v) is 5.78. The molecule has 1 aromatic rings.